The number of quaternary nitrogens is 1. The predicted molar refractivity (Wildman–Crippen MR) is 367 cm³/mol. The van der Waals surface area contributed by atoms with Gasteiger partial charge in [0.15, 0.2) is 0 Å². The third-order valence-corrected chi connectivity index (χ3v) is 19.3. The Balaban J connectivity index is 3.93. The minimum absolute atomic E-state index is 0.0171. The average molecular weight is 1210 g/mol. The van der Waals surface area contributed by atoms with Gasteiger partial charge >= 0.3 is 0 Å². The molecule has 1 amide bonds. The first-order valence-electron chi connectivity index (χ1n) is 38.4. The number of aliphatic hydroxyl groups is 1. The minimum atomic E-state index is -4.58. The van der Waals surface area contributed by atoms with Crippen molar-refractivity contribution >= 4 is 13.7 Å². The molecule has 3 unspecified atom stereocenters. The zero-order chi connectivity index (χ0) is 61.2. The maximum Gasteiger partial charge on any atom is 0.268 e. The van der Waals surface area contributed by atoms with Crippen LogP contribution in [0.15, 0.2) is 0 Å². The topological polar surface area (TPSA) is 108 Å². The molecule has 0 fully saturated rings. The summed E-state index contributed by atoms with van der Waals surface area (Å²) in [5, 5.41) is 14.1. The van der Waals surface area contributed by atoms with Crippen LogP contribution in [0.3, 0.4) is 0 Å². The highest BCUT2D eigenvalue weighted by Gasteiger charge is 2.24. The van der Waals surface area contributed by atoms with E-state index in [1.54, 1.807) is 0 Å². The molecule has 9 heteroatoms. The van der Waals surface area contributed by atoms with Gasteiger partial charge in [0.25, 0.3) is 7.82 Å². The molecule has 0 spiro atoms. The van der Waals surface area contributed by atoms with Crippen LogP contribution in [0, 0.1) is 0 Å². The molecule has 0 aromatic carbocycles. The molecule has 0 aliphatic rings. The van der Waals surface area contributed by atoms with Crippen LogP contribution in [-0.4, -0.2) is 68.5 Å². The Hall–Kier alpha value is -0.500. The number of hydrogen-bond donors (Lipinski definition) is 2. The van der Waals surface area contributed by atoms with Crippen molar-refractivity contribution in [1.82, 2.24) is 5.32 Å². The van der Waals surface area contributed by atoms with Crippen molar-refractivity contribution in [1.29, 1.82) is 0 Å². The number of hydrogen-bond acceptors (Lipinski definition) is 6. The summed E-state index contributed by atoms with van der Waals surface area (Å²) in [5.41, 5.74) is 0. The van der Waals surface area contributed by atoms with Crippen LogP contribution in [-0.2, 0) is 18.4 Å². The molecule has 504 valence electrons. The van der Waals surface area contributed by atoms with E-state index in [9.17, 15) is 19.4 Å². The van der Waals surface area contributed by atoms with E-state index in [0.29, 0.717) is 23.9 Å². The molecule has 0 heterocycles. The number of aliphatic hydroxyl groups excluding tert-OH is 1. The van der Waals surface area contributed by atoms with E-state index in [1.165, 1.54) is 360 Å². The number of unbranched alkanes of at least 4 members (excludes halogenated alkanes) is 60. The molecule has 0 radical (unpaired) electrons. The molecule has 0 rings (SSSR count). The van der Waals surface area contributed by atoms with Gasteiger partial charge in [-0.3, -0.25) is 9.36 Å². The molecule has 0 saturated carbocycles. The van der Waals surface area contributed by atoms with E-state index in [1.807, 2.05) is 21.1 Å². The fourth-order valence-electron chi connectivity index (χ4n) is 12.4. The quantitative estimate of drug-likeness (QED) is 0.0357. The van der Waals surface area contributed by atoms with Gasteiger partial charge in [0, 0.05) is 6.42 Å². The zero-order valence-electron chi connectivity index (χ0n) is 57.9. The summed E-state index contributed by atoms with van der Waals surface area (Å²) in [4.78, 5) is 25.7. The molecule has 0 aliphatic carbocycles. The minimum Gasteiger partial charge on any atom is -0.756 e. The van der Waals surface area contributed by atoms with Crippen LogP contribution in [0.25, 0.3) is 0 Å². The molecular weight excluding hydrogens is 1060 g/mol. The van der Waals surface area contributed by atoms with Crippen LogP contribution >= 0.6 is 7.82 Å². The smallest absolute Gasteiger partial charge is 0.268 e. The summed E-state index contributed by atoms with van der Waals surface area (Å²) in [5.74, 6) is -0.152. The summed E-state index contributed by atoms with van der Waals surface area (Å²) in [6, 6.07) is -0.797. The highest BCUT2D eigenvalue weighted by molar-refractivity contribution is 7.45. The summed E-state index contributed by atoms with van der Waals surface area (Å²) in [6.45, 7) is 4.81. The number of phosphoric ester groups is 1. The van der Waals surface area contributed by atoms with Gasteiger partial charge in [-0.2, -0.15) is 0 Å². The predicted octanol–water partition coefficient (Wildman–Crippen LogP) is 24.0. The zero-order valence-corrected chi connectivity index (χ0v) is 58.8. The molecule has 0 aromatic rings. The highest BCUT2D eigenvalue weighted by Crippen LogP contribution is 2.38. The van der Waals surface area contributed by atoms with Crippen molar-refractivity contribution in [2.75, 3.05) is 40.9 Å². The van der Waals surface area contributed by atoms with Crippen molar-refractivity contribution in [3.8, 4) is 0 Å². The molecule has 2 N–H and O–H groups in total. The number of phosphoric acid groups is 1. The maximum atomic E-state index is 13.1. The van der Waals surface area contributed by atoms with Crippen molar-refractivity contribution in [2.24, 2.45) is 0 Å². The Bertz CT molecular complexity index is 1330. The lowest BCUT2D eigenvalue weighted by Crippen LogP contribution is -2.46. The number of likely N-dealkylation sites (N-methyl/N-ethyl adjacent to an activating group) is 1. The summed E-state index contributed by atoms with van der Waals surface area (Å²) < 4.78 is 23.6. The van der Waals surface area contributed by atoms with Crippen LogP contribution in [0.4, 0.5) is 0 Å². The number of nitrogens with one attached hydrogen (secondary N) is 1. The van der Waals surface area contributed by atoms with Gasteiger partial charge in [0.1, 0.15) is 13.2 Å². The van der Waals surface area contributed by atoms with Crippen molar-refractivity contribution < 1.29 is 32.9 Å². The molecule has 84 heavy (non-hydrogen) atoms. The van der Waals surface area contributed by atoms with Gasteiger partial charge in [-0.15, -0.1) is 0 Å². The summed E-state index contributed by atoms with van der Waals surface area (Å²) in [6.07, 6.45) is 85.0. The van der Waals surface area contributed by atoms with E-state index in [2.05, 4.69) is 19.2 Å². The van der Waals surface area contributed by atoms with Gasteiger partial charge in [-0.1, -0.05) is 406 Å². The van der Waals surface area contributed by atoms with Crippen LogP contribution < -0.4 is 10.2 Å². The van der Waals surface area contributed by atoms with Gasteiger partial charge < -0.3 is 28.8 Å². The Kier molecular flexibility index (Phi) is 66.5. The van der Waals surface area contributed by atoms with Crippen LogP contribution in [0.5, 0.6) is 0 Å². The number of carbonyl (C=O) groups is 1. The second-order valence-corrected chi connectivity index (χ2v) is 29.5. The molecule has 0 saturated heterocycles. The summed E-state index contributed by atoms with van der Waals surface area (Å²) in [7, 11) is 1.33. The monoisotopic (exact) mass is 1210 g/mol. The van der Waals surface area contributed by atoms with E-state index < -0.39 is 20.0 Å². The van der Waals surface area contributed by atoms with Crippen molar-refractivity contribution in [3.63, 3.8) is 0 Å². The Morgan fingerprint density at radius 2 is 0.583 bits per heavy atom. The maximum absolute atomic E-state index is 13.1. The van der Waals surface area contributed by atoms with E-state index in [0.717, 1.165) is 38.5 Å². The van der Waals surface area contributed by atoms with Gasteiger partial charge in [-0.05, 0) is 12.8 Å². The number of amides is 1. The molecule has 0 aromatic heterocycles. The normalized spacial score (nSPS) is 13.5. The van der Waals surface area contributed by atoms with Gasteiger partial charge in [-0.25, -0.2) is 0 Å². The first kappa shape index (κ1) is 83.5. The van der Waals surface area contributed by atoms with Crippen LogP contribution in [0.1, 0.15) is 425 Å². The molecule has 8 nitrogen and oxygen atoms in total. The van der Waals surface area contributed by atoms with Crippen molar-refractivity contribution in [3.05, 3.63) is 0 Å². The fraction of sp³-hybridized carbons (Fsp3) is 0.987. The molecule has 0 aliphatic heterocycles. The molecule has 3 atom stereocenters. The SMILES string of the molecule is CCCCCCCCCCCCCCCCCCCCCCCCCCCCCCCCCCC(O)C(COP(=O)([O-])OCC[N+](C)(C)C)NC(=O)CCCCCCCCCCCCCCCCCCCCCCCCCCCCCCCC. The highest BCUT2D eigenvalue weighted by atomic mass is 31.2. The largest absolute Gasteiger partial charge is 0.756 e. The number of carbonyl (C=O) groups excluding carboxylic acids is 1. The van der Waals surface area contributed by atoms with E-state index in [-0.39, 0.29) is 19.1 Å². The third kappa shape index (κ3) is 69.0. The van der Waals surface area contributed by atoms with Crippen molar-refractivity contribution in [2.45, 2.75) is 437 Å². The van der Waals surface area contributed by atoms with E-state index >= 15 is 0 Å². The van der Waals surface area contributed by atoms with Gasteiger partial charge in [0.05, 0.1) is 39.9 Å². The van der Waals surface area contributed by atoms with Gasteiger partial charge in [0.2, 0.25) is 5.91 Å². The second kappa shape index (κ2) is 66.9. The Labute approximate surface area is 527 Å². The number of nitrogens with zero attached hydrogens (tertiary/aromatic N) is 1. The second-order valence-electron chi connectivity index (χ2n) is 28.1. The lowest BCUT2D eigenvalue weighted by Gasteiger charge is -2.30. The number of rotatable bonds is 73. The fourth-order valence-corrected chi connectivity index (χ4v) is 13.1. The Morgan fingerprint density at radius 3 is 0.810 bits per heavy atom. The molecule has 0 bridgehead atoms. The third-order valence-electron chi connectivity index (χ3n) is 18.3. The molecular formula is C75H153N2O6P. The first-order valence-corrected chi connectivity index (χ1v) is 39.8. The van der Waals surface area contributed by atoms with E-state index in [4.69, 9.17) is 9.05 Å². The average Bonchev–Trinajstić information content (AvgIpc) is 3.56. The van der Waals surface area contributed by atoms with Crippen LogP contribution in [0.2, 0.25) is 0 Å². The lowest BCUT2D eigenvalue weighted by molar-refractivity contribution is -0.870. The standard InChI is InChI=1S/C75H153N2O6P/c1-6-8-10-12-14-16-18-20-22-24-26-28-30-32-34-36-38-39-40-42-44-46-48-50-52-54-56-58-60-62-64-66-68-74(78)73(72-83-84(80,81)82-71-70-77(3,4)5)76-75(79)69-67-65-63-61-59-57-55-53-51-49-47-45-43-41-37-35-33-31-29-27-25-23-21-19-17-15-13-11-9-7-2/h73-74,78H,6-72H2,1-5H3,(H-,76,79,80,81). The summed E-state index contributed by atoms with van der Waals surface area (Å²) >= 11 is 0. The first-order chi connectivity index (χ1) is 41.0. The lowest BCUT2D eigenvalue weighted by atomic mass is 10.0. The Morgan fingerprint density at radius 1 is 0.369 bits per heavy atom.